The van der Waals surface area contributed by atoms with Gasteiger partial charge >= 0.3 is 0 Å². The fourth-order valence-corrected chi connectivity index (χ4v) is 3.81. The van der Waals surface area contributed by atoms with Gasteiger partial charge in [-0.2, -0.15) is 0 Å². The molecule has 4 heteroatoms. The second-order valence-corrected chi connectivity index (χ2v) is 11.3. The largest absolute Gasteiger partial charge is 0.497 e. The molecule has 0 amide bonds. The van der Waals surface area contributed by atoms with E-state index in [9.17, 15) is 5.11 Å². The van der Waals surface area contributed by atoms with Gasteiger partial charge in [0.2, 0.25) is 0 Å². The molecule has 2 rings (SSSR count). The molecule has 0 aliphatic carbocycles. The van der Waals surface area contributed by atoms with Gasteiger partial charge in [-0.05, 0) is 52.3 Å². The zero-order valence-corrected chi connectivity index (χ0v) is 21.0. The van der Waals surface area contributed by atoms with Crippen molar-refractivity contribution in [2.75, 3.05) is 34.4 Å². The van der Waals surface area contributed by atoms with Gasteiger partial charge in [0.1, 0.15) is 37.3 Å². The van der Waals surface area contributed by atoms with Crippen LogP contribution in [0.1, 0.15) is 58.2 Å². The Hall–Kier alpha value is -2.04. The lowest BCUT2D eigenvalue weighted by Crippen LogP contribution is -2.46. The van der Waals surface area contributed by atoms with Crippen LogP contribution in [0.2, 0.25) is 0 Å². The van der Waals surface area contributed by atoms with E-state index >= 15 is 0 Å². The maximum Gasteiger partial charge on any atom is 0.137 e. The van der Waals surface area contributed by atoms with Crippen molar-refractivity contribution in [1.82, 2.24) is 0 Å². The summed E-state index contributed by atoms with van der Waals surface area (Å²) in [4.78, 5) is 0. The standard InChI is InChI=1S/C27H42NO3/c1-26(2,3)21-12-15-25(24(16-21)27(4,5)6)31-19-22(29)18-28(7,8)17-20-10-13-23(30-9)14-11-20/h10-16,22,29H,17-19H2,1-9H3/q+1/t22-/m0/s1. The monoisotopic (exact) mass is 428 g/mol. The quantitative estimate of drug-likeness (QED) is 0.579. The van der Waals surface area contributed by atoms with Crippen LogP contribution in [0.5, 0.6) is 11.5 Å². The van der Waals surface area contributed by atoms with E-state index in [-0.39, 0.29) is 17.4 Å². The minimum Gasteiger partial charge on any atom is -0.497 e. The first kappa shape index (κ1) is 25.2. The van der Waals surface area contributed by atoms with E-state index in [2.05, 4.69) is 86.0 Å². The number of benzene rings is 2. The summed E-state index contributed by atoms with van der Waals surface area (Å²) < 4.78 is 12.1. The topological polar surface area (TPSA) is 38.7 Å². The lowest BCUT2D eigenvalue weighted by molar-refractivity contribution is -0.906. The van der Waals surface area contributed by atoms with Crippen LogP contribution in [-0.2, 0) is 17.4 Å². The first-order valence-corrected chi connectivity index (χ1v) is 11.1. The molecule has 0 heterocycles. The fourth-order valence-electron chi connectivity index (χ4n) is 3.81. The molecular weight excluding hydrogens is 386 g/mol. The fraction of sp³-hybridized carbons (Fsp3) is 0.556. The Labute approximate surface area is 189 Å². The van der Waals surface area contributed by atoms with E-state index in [0.29, 0.717) is 11.0 Å². The first-order valence-electron chi connectivity index (χ1n) is 11.1. The summed E-state index contributed by atoms with van der Waals surface area (Å²) in [6.07, 6.45) is -0.552. The first-order chi connectivity index (χ1) is 14.2. The van der Waals surface area contributed by atoms with E-state index in [1.807, 2.05) is 12.1 Å². The van der Waals surface area contributed by atoms with Crippen LogP contribution >= 0.6 is 0 Å². The normalized spacial score (nSPS) is 13.7. The maximum atomic E-state index is 10.7. The second kappa shape index (κ2) is 9.62. The van der Waals surface area contributed by atoms with Crippen LogP contribution in [0.3, 0.4) is 0 Å². The van der Waals surface area contributed by atoms with Crippen molar-refractivity contribution in [3.63, 3.8) is 0 Å². The Kier molecular flexibility index (Phi) is 7.83. The molecule has 0 aliphatic rings. The predicted octanol–water partition coefficient (Wildman–Crippen LogP) is 5.31. The average molecular weight is 429 g/mol. The molecule has 0 unspecified atom stereocenters. The van der Waals surface area contributed by atoms with Crippen LogP contribution in [0, 0.1) is 0 Å². The third kappa shape index (κ3) is 7.55. The molecule has 0 fully saturated rings. The number of rotatable bonds is 8. The van der Waals surface area contributed by atoms with Gasteiger partial charge in [-0.1, -0.05) is 53.7 Å². The van der Waals surface area contributed by atoms with E-state index in [1.165, 1.54) is 16.7 Å². The SMILES string of the molecule is COc1ccc(C[N+](C)(C)C[C@H](O)COc2ccc(C(C)(C)C)cc2C(C)(C)C)cc1. The Morgan fingerprint density at radius 3 is 2.03 bits per heavy atom. The van der Waals surface area contributed by atoms with Gasteiger partial charge in [0, 0.05) is 5.56 Å². The number of aliphatic hydroxyl groups is 1. The average Bonchev–Trinajstić information content (AvgIpc) is 2.64. The highest BCUT2D eigenvalue weighted by Crippen LogP contribution is 2.35. The molecule has 2 aromatic carbocycles. The summed E-state index contributed by atoms with van der Waals surface area (Å²) in [7, 11) is 5.94. The summed E-state index contributed by atoms with van der Waals surface area (Å²) in [5.41, 5.74) is 3.74. The van der Waals surface area contributed by atoms with Crippen molar-refractivity contribution in [1.29, 1.82) is 0 Å². The maximum absolute atomic E-state index is 10.7. The predicted molar refractivity (Wildman–Crippen MR) is 129 cm³/mol. The molecular formula is C27H42NO3+. The van der Waals surface area contributed by atoms with Gasteiger partial charge in [-0.25, -0.2) is 0 Å². The summed E-state index contributed by atoms with van der Waals surface area (Å²) in [5, 5.41) is 10.7. The summed E-state index contributed by atoms with van der Waals surface area (Å²) in [6.45, 7) is 15.0. The number of hydrogen-bond donors (Lipinski definition) is 1. The number of nitrogens with zero attached hydrogens (tertiary/aromatic N) is 1. The molecule has 0 spiro atoms. The minimum atomic E-state index is -0.552. The molecule has 0 saturated carbocycles. The Bertz CT molecular complexity index is 842. The van der Waals surface area contributed by atoms with Crippen LogP contribution in [0.15, 0.2) is 42.5 Å². The van der Waals surface area contributed by atoms with Gasteiger partial charge < -0.3 is 19.1 Å². The molecule has 0 aromatic heterocycles. The molecule has 2 aromatic rings. The van der Waals surface area contributed by atoms with Crippen LogP contribution in [0.25, 0.3) is 0 Å². The van der Waals surface area contributed by atoms with E-state index < -0.39 is 6.10 Å². The molecule has 1 atom stereocenters. The van der Waals surface area contributed by atoms with Crippen molar-refractivity contribution in [3.05, 3.63) is 59.2 Å². The van der Waals surface area contributed by atoms with E-state index in [1.54, 1.807) is 7.11 Å². The van der Waals surface area contributed by atoms with E-state index in [0.717, 1.165) is 18.0 Å². The van der Waals surface area contributed by atoms with Gasteiger partial charge in [0.05, 0.1) is 21.2 Å². The van der Waals surface area contributed by atoms with Crippen molar-refractivity contribution >= 4 is 0 Å². The van der Waals surface area contributed by atoms with Crippen molar-refractivity contribution < 1.29 is 19.1 Å². The number of ether oxygens (including phenoxy) is 2. The highest BCUT2D eigenvalue weighted by atomic mass is 16.5. The van der Waals surface area contributed by atoms with Crippen molar-refractivity contribution in [2.24, 2.45) is 0 Å². The molecule has 0 aliphatic heterocycles. The minimum absolute atomic E-state index is 0.0365. The molecule has 1 N–H and O–H groups in total. The number of aliphatic hydroxyl groups excluding tert-OH is 1. The molecule has 0 radical (unpaired) electrons. The lowest BCUT2D eigenvalue weighted by Gasteiger charge is -2.32. The number of quaternary nitrogens is 1. The summed E-state index contributed by atoms with van der Waals surface area (Å²) in [5.74, 6) is 1.72. The zero-order chi connectivity index (χ0) is 23.4. The Morgan fingerprint density at radius 1 is 0.903 bits per heavy atom. The third-order valence-electron chi connectivity index (χ3n) is 5.56. The number of hydrogen-bond acceptors (Lipinski definition) is 3. The van der Waals surface area contributed by atoms with Crippen LogP contribution in [-0.4, -0.2) is 50.1 Å². The highest BCUT2D eigenvalue weighted by molar-refractivity contribution is 5.43. The summed E-state index contributed by atoms with van der Waals surface area (Å²) >= 11 is 0. The molecule has 0 bridgehead atoms. The molecule has 172 valence electrons. The van der Waals surface area contributed by atoms with Crippen LogP contribution < -0.4 is 9.47 Å². The second-order valence-electron chi connectivity index (χ2n) is 11.3. The molecule has 0 saturated heterocycles. The van der Waals surface area contributed by atoms with Crippen LogP contribution in [0.4, 0.5) is 0 Å². The Morgan fingerprint density at radius 2 is 1.52 bits per heavy atom. The van der Waals surface area contributed by atoms with Gasteiger partial charge in [0.25, 0.3) is 0 Å². The lowest BCUT2D eigenvalue weighted by atomic mass is 9.80. The van der Waals surface area contributed by atoms with Gasteiger partial charge in [-0.15, -0.1) is 0 Å². The smallest absolute Gasteiger partial charge is 0.137 e. The van der Waals surface area contributed by atoms with Crippen molar-refractivity contribution in [3.8, 4) is 11.5 Å². The highest BCUT2D eigenvalue weighted by Gasteiger charge is 2.25. The molecule has 4 nitrogen and oxygen atoms in total. The van der Waals surface area contributed by atoms with E-state index in [4.69, 9.17) is 9.47 Å². The number of likely N-dealkylation sites (N-methyl/N-ethyl adjacent to an activating group) is 1. The summed E-state index contributed by atoms with van der Waals surface area (Å²) in [6, 6.07) is 14.6. The Balaban J connectivity index is 2.04. The molecule has 31 heavy (non-hydrogen) atoms. The van der Waals surface area contributed by atoms with Gasteiger partial charge in [-0.3, -0.25) is 0 Å². The van der Waals surface area contributed by atoms with Crippen molar-refractivity contribution in [2.45, 2.75) is 65.0 Å². The van der Waals surface area contributed by atoms with Gasteiger partial charge in [0.15, 0.2) is 0 Å². The number of methoxy groups -OCH3 is 1. The third-order valence-corrected chi connectivity index (χ3v) is 5.56. The zero-order valence-electron chi connectivity index (χ0n) is 21.0.